The Hall–Kier alpha value is -2.28. The van der Waals surface area contributed by atoms with Gasteiger partial charge in [0.1, 0.15) is 5.92 Å². The molecule has 1 aromatic rings. The van der Waals surface area contributed by atoms with Crippen molar-refractivity contribution in [1.82, 2.24) is 5.32 Å². The molecule has 126 valence electrons. The predicted octanol–water partition coefficient (Wildman–Crippen LogP) is 0.568. The molecule has 1 heterocycles. The van der Waals surface area contributed by atoms with Gasteiger partial charge in [-0.1, -0.05) is 6.07 Å². The molecule has 1 fully saturated rings. The summed E-state index contributed by atoms with van der Waals surface area (Å²) >= 11 is 0. The molecule has 1 aromatic carbocycles. The van der Waals surface area contributed by atoms with Gasteiger partial charge >= 0.3 is 0 Å². The number of carbonyl (C=O) groups excluding carboxylic acids is 2. The summed E-state index contributed by atoms with van der Waals surface area (Å²) in [6, 6.07) is 4.88. The third-order valence-electron chi connectivity index (χ3n) is 3.86. The van der Waals surface area contributed by atoms with E-state index in [1.54, 1.807) is 18.2 Å². The number of methoxy groups -OCH3 is 2. The summed E-state index contributed by atoms with van der Waals surface area (Å²) in [5.41, 5.74) is 5.91. The maximum absolute atomic E-state index is 12.5. The summed E-state index contributed by atoms with van der Waals surface area (Å²) in [6.07, 6.45) is 1.45. The first-order valence-corrected chi connectivity index (χ1v) is 7.46. The lowest BCUT2D eigenvalue weighted by atomic mass is 9.96. The molecule has 2 amide bonds. The van der Waals surface area contributed by atoms with E-state index in [9.17, 15) is 9.59 Å². The number of amides is 2. The van der Waals surface area contributed by atoms with Crippen LogP contribution >= 0.6 is 0 Å². The fourth-order valence-corrected chi connectivity index (χ4v) is 2.60. The minimum absolute atomic E-state index is 0.00163. The van der Waals surface area contributed by atoms with Gasteiger partial charge in [-0.3, -0.25) is 9.59 Å². The van der Waals surface area contributed by atoms with E-state index in [4.69, 9.17) is 19.9 Å². The summed E-state index contributed by atoms with van der Waals surface area (Å²) in [5, 5.41) is 2.87. The lowest BCUT2D eigenvalue weighted by Crippen LogP contribution is -2.44. The number of benzene rings is 1. The molecule has 1 atom stereocenters. The summed E-state index contributed by atoms with van der Waals surface area (Å²) in [6.45, 7) is 1.20. The van der Waals surface area contributed by atoms with Gasteiger partial charge in [-0.05, 0) is 30.5 Å². The van der Waals surface area contributed by atoms with Crippen molar-refractivity contribution >= 4 is 11.8 Å². The molecule has 2 rings (SSSR count). The average Bonchev–Trinajstić information content (AvgIpc) is 2.55. The number of ether oxygens (including phenoxy) is 3. The number of hydrogen-bond acceptors (Lipinski definition) is 5. The first-order valence-electron chi connectivity index (χ1n) is 7.46. The number of nitrogens with one attached hydrogen (secondary N) is 1. The third kappa shape index (κ3) is 4.13. The highest BCUT2D eigenvalue weighted by Crippen LogP contribution is 2.30. The van der Waals surface area contributed by atoms with Crippen LogP contribution in [0.3, 0.4) is 0 Å². The van der Waals surface area contributed by atoms with Crippen LogP contribution in [0.4, 0.5) is 0 Å². The van der Waals surface area contributed by atoms with Crippen LogP contribution in [-0.4, -0.2) is 45.3 Å². The molecular weight excluding hydrogens is 300 g/mol. The zero-order valence-electron chi connectivity index (χ0n) is 13.3. The third-order valence-corrected chi connectivity index (χ3v) is 3.86. The Bertz CT molecular complexity index is 570. The molecule has 0 unspecified atom stereocenters. The molecule has 0 bridgehead atoms. The Kier molecular flexibility index (Phi) is 5.81. The Labute approximate surface area is 135 Å². The zero-order chi connectivity index (χ0) is 16.8. The Morgan fingerprint density at radius 3 is 2.43 bits per heavy atom. The van der Waals surface area contributed by atoms with Crippen molar-refractivity contribution in [3.05, 3.63) is 23.8 Å². The fraction of sp³-hybridized carbons (Fsp3) is 0.500. The van der Waals surface area contributed by atoms with E-state index in [-0.39, 0.29) is 6.04 Å². The zero-order valence-corrected chi connectivity index (χ0v) is 13.3. The molecule has 0 spiro atoms. The molecule has 0 radical (unpaired) electrons. The van der Waals surface area contributed by atoms with E-state index < -0.39 is 17.7 Å². The second-order valence-electron chi connectivity index (χ2n) is 5.35. The van der Waals surface area contributed by atoms with Gasteiger partial charge in [0.25, 0.3) is 0 Å². The molecule has 23 heavy (non-hydrogen) atoms. The minimum atomic E-state index is -1.07. The van der Waals surface area contributed by atoms with Crippen molar-refractivity contribution in [2.75, 3.05) is 27.4 Å². The second kappa shape index (κ2) is 7.82. The molecule has 1 aliphatic rings. The minimum Gasteiger partial charge on any atom is -0.493 e. The van der Waals surface area contributed by atoms with Crippen LogP contribution in [0.25, 0.3) is 0 Å². The van der Waals surface area contributed by atoms with E-state index in [1.807, 2.05) is 0 Å². The van der Waals surface area contributed by atoms with Gasteiger partial charge < -0.3 is 25.3 Å². The van der Waals surface area contributed by atoms with Crippen molar-refractivity contribution in [1.29, 1.82) is 0 Å². The first-order chi connectivity index (χ1) is 11.1. The highest BCUT2D eigenvalue weighted by atomic mass is 16.5. The fourth-order valence-electron chi connectivity index (χ4n) is 2.60. The van der Waals surface area contributed by atoms with E-state index in [2.05, 4.69) is 5.32 Å². The van der Waals surface area contributed by atoms with Gasteiger partial charge in [-0.15, -0.1) is 0 Å². The quantitative estimate of drug-likeness (QED) is 0.746. The molecule has 7 nitrogen and oxygen atoms in total. The molecule has 0 aromatic heterocycles. The maximum atomic E-state index is 12.5. The second-order valence-corrected chi connectivity index (χ2v) is 5.35. The Morgan fingerprint density at radius 2 is 1.87 bits per heavy atom. The summed E-state index contributed by atoms with van der Waals surface area (Å²) in [7, 11) is 3.00. The average molecular weight is 322 g/mol. The van der Waals surface area contributed by atoms with E-state index in [0.717, 1.165) is 12.8 Å². The Morgan fingerprint density at radius 1 is 1.22 bits per heavy atom. The van der Waals surface area contributed by atoms with Crippen LogP contribution < -0.4 is 20.5 Å². The van der Waals surface area contributed by atoms with Gasteiger partial charge in [0, 0.05) is 19.3 Å². The molecule has 0 saturated carbocycles. The lowest BCUT2D eigenvalue weighted by molar-refractivity contribution is -0.130. The van der Waals surface area contributed by atoms with Crippen molar-refractivity contribution in [2.24, 2.45) is 5.73 Å². The largest absolute Gasteiger partial charge is 0.493 e. The number of carbonyl (C=O) groups is 2. The predicted molar refractivity (Wildman–Crippen MR) is 83.5 cm³/mol. The number of nitrogens with two attached hydrogens (primary N) is 1. The van der Waals surface area contributed by atoms with Crippen molar-refractivity contribution in [2.45, 2.75) is 24.8 Å². The van der Waals surface area contributed by atoms with Crippen molar-refractivity contribution in [3.63, 3.8) is 0 Å². The van der Waals surface area contributed by atoms with E-state index >= 15 is 0 Å². The standard InChI is InChI=1S/C16H22N2O5/c1-21-12-4-3-10(9-13(12)22-2)14(15(17)19)16(20)18-11-5-7-23-8-6-11/h3-4,9,11,14H,5-8H2,1-2H3,(H2,17,19)(H,18,20)/t14-/m0/s1. The van der Waals surface area contributed by atoms with E-state index in [0.29, 0.717) is 30.3 Å². The molecule has 3 N–H and O–H groups in total. The molecule has 7 heteroatoms. The van der Waals surface area contributed by atoms with Crippen LogP contribution in [0.1, 0.15) is 24.3 Å². The smallest absolute Gasteiger partial charge is 0.237 e. The topological polar surface area (TPSA) is 99.9 Å². The summed E-state index contributed by atoms with van der Waals surface area (Å²) < 4.78 is 15.6. The summed E-state index contributed by atoms with van der Waals surface area (Å²) in [5.74, 6) is -1.23. The van der Waals surface area contributed by atoms with Gasteiger partial charge in [-0.25, -0.2) is 0 Å². The van der Waals surface area contributed by atoms with Crippen LogP contribution in [0.5, 0.6) is 11.5 Å². The molecule has 1 saturated heterocycles. The number of primary amides is 1. The Balaban J connectivity index is 2.20. The van der Waals surface area contributed by atoms with Crippen LogP contribution in [0.15, 0.2) is 18.2 Å². The van der Waals surface area contributed by atoms with Crippen LogP contribution in [0.2, 0.25) is 0 Å². The summed E-state index contributed by atoms with van der Waals surface area (Å²) in [4.78, 5) is 24.3. The van der Waals surface area contributed by atoms with Gasteiger partial charge in [0.2, 0.25) is 11.8 Å². The normalized spacial score (nSPS) is 16.4. The van der Waals surface area contributed by atoms with Crippen LogP contribution in [-0.2, 0) is 14.3 Å². The SMILES string of the molecule is COc1ccc([C@@H](C(N)=O)C(=O)NC2CCOCC2)cc1OC. The van der Waals surface area contributed by atoms with Crippen molar-refractivity contribution < 1.29 is 23.8 Å². The first kappa shape index (κ1) is 17.1. The number of rotatable bonds is 6. The van der Waals surface area contributed by atoms with Gasteiger partial charge in [0.15, 0.2) is 11.5 Å². The van der Waals surface area contributed by atoms with E-state index in [1.165, 1.54) is 14.2 Å². The highest BCUT2D eigenvalue weighted by Gasteiger charge is 2.29. The van der Waals surface area contributed by atoms with Gasteiger partial charge in [-0.2, -0.15) is 0 Å². The monoisotopic (exact) mass is 322 g/mol. The number of hydrogen-bond donors (Lipinski definition) is 2. The highest BCUT2D eigenvalue weighted by molar-refractivity contribution is 6.05. The maximum Gasteiger partial charge on any atom is 0.237 e. The van der Waals surface area contributed by atoms with Crippen molar-refractivity contribution in [3.8, 4) is 11.5 Å². The van der Waals surface area contributed by atoms with Gasteiger partial charge in [0.05, 0.1) is 14.2 Å². The molecule has 1 aliphatic heterocycles. The molecular formula is C16H22N2O5. The lowest BCUT2D eigenvalue weighted by Gasteiger charge is -2.25. The van der Waals surface area contributed by atoms with Crippen LogP contribution in [0, 0.1) is 0 Å². The molecule has 0 aliphatic carbocycles.